The van der Waals surface area contributed by atoms with Crippen molar-refractivity contribution in [1.82, 2.24) is 0 Å². The Bertz CT molecular complexity index is 763. The molecule has 27 heavy (non-hydrogen) atoms. The van der Waals surface area contributed by atoms with Crippen LogP contribution in [-0.2, 0) is 15.5 Å². The average molecular weight is 404 g/mol. The number of aliphatic hydroxyl groups is 1. The topological polar surface area (TPSA) is 95.9 Å². The van der Waals surface area contributed by atoms with Gasteiger partial charge in [0.1, 0.15) is 18.1 Å². The Balaban J connectivity index is 0.00000100. The minimum Gasteiger partial charge on any atom is -0.748 e. The third-order valence-electron chi connectivity index (χ3n) is 3.75. The molecule has 0 aromatic heterocycles. The van der Waals surface area contributed by atoms with Gasteiger partial charge in [-0.2, -0.15) is 0 Å². The molecule has 2 aromatic rings. The Labute approximate surface area is 183 Å². The number of methoxy groups -OCH3 is 1. The van der Waals surface area contributed by atoms with E-state index in [9.17, 15) is 0 Å². The van der Waals surface area contributed by atoms with Gasteiger partial charge in [0.15, 0.2) is 0 Å². The van der Waals surface area contributed by atoms with Gasteiger partial charge in [-0.1, -0.05) is 38.1 Å². The maximum atomic E-state index is 9.08. The molecule has 0 heterocycles. The Hall–Kier alpha value is -1.09. The number of rotatable bonds is 6. The molecule has 0 saturated heterocycles. The van der Waals surface area contributed by atoms with Crippen LogP contribution in [0.5, 0.6) is 11.5 Å². The van der Waals surface area contributed by atoms with Crippen molar-refractivity contribution in [2.45, 2.75) is 19.3 Å². The van der Waals surface area contributed by atoms with Gasteiger partial charge in [0.25, 0.3) is 0 Å². The smallest absolute Gasteiger partial charge is 0.748 e. The van der Waals surface area contributed by atoms with Gasteiger partial charge in [-0.25, -0.2) is 8.42 Å². The molecule has 2 aromatic carbocycles. The van der Waals surface area contributed by atoms with Crippen molar-refractivity contribution in [3.63, 3.8) is 0 Å². The van der Waals surface area contributed by atoms with Crippen molar-refractivity contribution < 1.29 is 57.1 Å². The fourth-order valence-electron chi connectivity index (χ4n) is 2.31. The summed E-state index contributed by atoms with van der Waals surface area (Å²) in [6.45, 7) is 4.73. The Morgan fingerprint density at radius 1 is 0.963 bits per heavy atom. The summed E-state index contributed by atoms with van der Waals surface area (Å²) < 4.78 is 37.8. The number of hydrogen-bond acceptors (Lipinski definition) is 6. The minimum atomic E-state index is -3.92. The van der Waals surface area contributed by atoms with Crippen molar-refractivity contribution in [3.8, 4) is 11.5 Å². The first-order chi connectivity index (χ1) is 12.1. The molecule has 6 nitrogen and oxygen atoms in total. The first kappa shape index (κ1) is 25.9. The van der Waals surface area contributed by atoms with Crippen LogP contribution >= 0.6 is 0 Å². The molecule has 0 spiro atoms. The van der Waals surface area contributed by atoms with Gasteiger partial charge < -0.3 is 19.1 Å². The van der Waals surface area contributed by atoms with Gasteiger partial charge in [-0.3, -0.25) is 0 Å². The molecular formula is C19H25NaO6S. The zero-order valence-corrected chi connectivity index (χ0v) is 19.2. The van der Waals surface area contributed by atoms with Crippen molar-refractivity contribution in [1.29, 1.82) is 0 Å². The van der Waals surface area contributed by atoms with Crippen LogP contribution in [0, 0.1) is 0 Å². The van der Waals surface area contributed by atoms with Crippen LogP contribution in [0.15, 0.2) is 48.5 Å². The molecule has 0 aliphatic rings. The van der Waals surface area contributed by atoms with Gasteiger partial charge in [0.2, 0.25) is 0 Å². The molecule has 0 bridgehead atoms. The molecular weight excluding hydrogens is 379 g/mol. The minimum absolute atomic E-state index is 0. The van der Waals surface area contributed by atoms with Gasteiger partial charge >= 0.3 is 29.6 Å². The first-order valence-corrected chi connectivity index (χ1v) is 9.79. The predicted molar refractivity (Wildman–Crippen MR) is 99.8 cm³/mol. The van der Waals surface area contributed by atoms with E-state index in [2.05, 4.69) is 38.1 Å². The summed E-state index contributed by atoms with van der Waals surface area (Å²) in [5.74, 6) is 1.64. The summed E-state index contributed by atoms with van der Waals surface area (Å²) in [6.07, 6.45) is 0.604. The molecule has 0 fully saturated rings. The second kappa shape index (κ2) is 11.7. The zero-order valence-electron chi connectivity index (χ0n) is 16.4. The van der Waals surface area contributed by atoms with E-state index < -0.39 is 10.1 Å². The van der Waals surface area contributed by atoms with Gasteiger partial charge in [0.05, 0.1) is 23.8 Å². The third-order valence-corrected chi connectivity index (χ3v) is 3.75. The molecule has 0 unspecified atom stereocenters. The number of benzene rings is 2. The maximum Gasteiger partial charge on any atom is 1.00 e. The van der Waals surface area contributed by atoms with E-state index in [0.29, 0.717) is 12.9 Å². The zero-order chi connectivity index (χ0) is 19.8. The fraction of sp³-hybridized carbons (Fsp3) is 0.368. The molecule has 0 saturated carbocycles. The summed E-state index contributed by atoms with van der Waals surface area (Å²) in [5, 5.41) is 8.77. The van der Waals surface area contributed by atoms with Crippen LogP contribution in [0.25, 0.3) is 0 Å². The predicted octanol–water partition coefficient (Wildman–Crippen LogP) is -0.442. The molecule has 8 heteroatoms. The number of aliphatic hydroxyl groups excluding tert-OH is 1. The molecule has 0 aliphatic heterocycles. The van der Waals surface area contributed by atoms with E-state index in [1.54, 1.807) is 7.11 Å². The SMILES string of the molecule is COc1ccc(C(C)(C)c2ccc(OCCO)cc2)cc1.CS(=O)(=O)[O-].[Na+]. The average Bonchev–Trinajstić information content (AvgIpc) is 2.59. The largest absolute Gasteiger partial charge is 1.00 e. The summed E-state index contributed by atoms with van der Waals surface area (Å²) in [6, 6.07) is 16.2. The van der Waals surface area contributed by atoms with Gasteiger partial charge in [-0.05, 0) is 35.4 Å². The molecule has 0 aliphatic carbocycles. The fourth-order valence-corrected chi connectivity index (χ4v) is 2.31. The van der Waals surface area contributed by atoms with Crippen molar-refractivity contribution in [2.24, 2.45) is 0 Å². The molecule has 1 N–H and O–H groups in total. The van der Waals surface area contributed by atoms with Crippen molar-refractivity contribution >= 4 is 10.1 Å². The maximum absolute atomic E-state index is 9.08. The van der Waals surface area contributed by atoms with Crippen LogP contribution in [-0.4, -0.2) is 44.7 Å². The number of hydrogen-bond donors (Lipinski definition) is 1. The van der Waals surface area contributed by atoms with E-state index in [0.717, 1.165) is 11.5 Å². The summed E-state index contributed by atoms with van der Waals surface area (Å²) in [5.41, 5.74) is 2.35. The van der Waals surface area contributed by atoms with E-state index in [1.807, 2.05) is 24.3 Å². The van der Waals surface area contributed by atoms with Gasteiger partial charge in [-0.15, -0.1) is 0 Å². The quantitative estimate of drug-likeness (QED) is 0.518. The van der Waals surface area contributed by atoms with Crippen LogP contribution in [0.2, 0.25) is 0 Å². The Morgan fingerprint density at radius 2 is 1.33 bits per heavy atom. The normalized spacial score (nSPS) is 10.9. The van der Waals surface area contributed by atoms with Crippen molar-refractivity contribution in [3.05, 3.63) is 59.7 Å². The van der Waals surface area contributed by atoms with Crippen molar-refractivity contribution in [2.75, 3.05) is 26.6 Å². The van der Waals surface area contributed by atoms with E-state index in [-0.39, 0.29) is 41.6 Å². The first-order valence-electron chi connectivity index (χ1n) is 7.97. The van der Waals surface area contributed by atoms with E-state index >= 15 is 0 Å². The van der Waals surface area contributed by atoms with Gasteiger partial charge in [0, 0.05) is 11.7 Å². The van der Waals surface area contributed by atoms with Crippen LogP contribution in [0.4, 0.5) is 0 Å². The van der Waals surface area contributed by atoms with E-state index in [1.165, 1.54) is 11.1 Å². The summed E-state index contributed by atoms with van der Waals surface area (Å²) in [4.78, 5) is 0. The molecule has 0 radical (unpaired) electrons. The second-order valence-electron chi connectivity index (χ2n) is 6.15. The Morgan fingerprint density at radius 3 is 1.67 bits per heavy atom. The third kappa shape index (κ3) is 9.60. The molecule has 144 valence electrons. The monoisotopic (exact) mass is 404 g/mol. The number of ether oxygens (including phenoxy) is 2. The van der Waals surface area contributed by atoms with Crippen LogP contribution in [0.1, 0.15) is 25.0 Å². The molecule has 2 rings (SSSR count). The van der Waals surface area contributed by atoms with E-state index in [4.69, 9.17) is 27.6 Å². The Kier molecular flexibility index (Phi) is 11.2. The van der Waals surface area contributed by atoms with Crippen LogP contribution < -0.4 is 39.0 Å². The summed E-state index contributed by atoms with van der Waals surface area (Å²) >= 11 is 0. The standard InChI is InChI=1S/C18H22O3.CH4O3S.Na/c1-18(2,14-4-8-16(20-3)9-5-14)15-6-10-17(11-7-15)21-13-12-19;1-5(2,3)4;/h4-11,19H,12-13H2,1-3H3;1H3,(H,2,3,4);/q;;+1/p-1. The molecule has 0 amide bonds. The molecule has 0 atom stereocenters. The van der Waals surface area contributed by atoms with Crippen LogP contribution in [0.3, 0.4) is 0 Å². The second-order valence-corrected chi connectivity index (χ2v) is 7.56. The summed E-state index contributed by atoms with van der Waals surface area (Å²) in [7, 11) is -2.24.